The zero-order chi connectivity index (χ0) is 24.6. The molecule has 1 aliphatic heterocycles. The van der Waals surface area contributed by atoms with E-state index in [1.807, 2.05) is 43.3 Å². The number of carboxylic acid groups (broad SMARTS) is 2. The maximum absolute atomic E-state index is 11.6. The molecule has 0 bridgehead atoms. The summed E-state index contributed by atoms with van der Waals surface area (Å²) in [6.45, 7) is 2.91. The summed E-state index contributed by atoms with van der Waals surface area (Å²) in [7, 11) is 0. The van der Waals surface area contributed by atoms with Crippen LogP contribution in [0.1, 0.15) is 43.7 Å². The van der Waals surface area contributed by atoms with Crippen LogP contribution < -0.4 is 0 Å². The van der Waals surface area contributed by atoms with E-state index in [2.05, 4.69) is 27.2 Å². The topological polar surface area (TPSA) is 117 Å². The summed E-state index contributed by atoms with van der Waals surface area (Å²) in [6.07, 6.45) is 3.98. The second-order valence-electron chi connectivity index (χ2n) is 9.93. The largest absolute Gasteiger partial charge is 0.480 e. The minimum Gasteiger partial charge on any atom is -0.480 e. The Bertz CT molecular complexity index is 1200. The van der Waals surface area contributed by atoms with E-state index in [1.165, 1.54) is 18.4 Å². The average Bonchev–Trinajstić information content (AvgIpc) is 3.52. The van der Waals surface area contributed by atoms with Crippen LogP contribution in [0, 0.1) is 11.3 Å². The summed E-state index contributed by atoms with van der Waals surface area (Å²) in [4.78, 5) is 29.9. The Morgan fingerprint density at radius 3 is 2.23 bits per heavy atom. The molecule has 1 aromatic heterocycles. The number of carbonyl (C=O) groups is 2. The predicted molar refractivity (Wildman–Crippen MR) is 128 cm³/mol. The molecule has 0 radical (unpaired) electrons. The fraction of sp³-hybridized carbons (Fsp3) is 0.407. The van der Waals surface area contributed by atoms with Crippen molar-refractivity contribution in [1.82, 2.24) is 15.0 Å². The standard InChI is InChI=1S/C27H29N3O5/c1-17-15-27(25(31)32,26(33)34)12-13-30(17)16-20-6-8-21(9-7-20)23-28-24(35-29-23)22-10-4-19(5-11-22)14-18-2-3-18/h4-11,17-18H,2-3,12-16H2,1H3,(H,31,32)(H,33,34). The molecule has 3 aromatic rings. The Labute approximate surface area is 203 Å². The number of rotatable bonds is 8. The Kier molecular flexibility index (Phi) is 6.15. The second-order valence-corrected chi connectivity index (χ2v) is 9.93. The van der Waals surface area contributed by atoms with Gasteiger partial charge < -0.3 is 14.7 Å². The van der Waals surface area contributed by atoms with Gasteiger partial charge in [0.1, 0.15) is 0 Å². The number of carboxylic acids is 2. The third-order valence-electron chi connectivity index (χ3n) is 7.36. The number of hydrogen-bond donors (Lipinski definition) is 2. The first-order chi connectivity index (χ1) is 16.8. The summed E-state index contributed by atoms with van der Waals surface area (Å²) < 4.78 is 5.50. The maximum atomic E-state index is 11.6. The van der Waals surface area contributed by atoms with E-state index in [0.29, 0.717) is 24.8 Å². The molecule has 35 heavy (non-hydrogen) atoms. The molecule has 0 spiro atoms. The molecule has 0 amide bonds. The van der Waals surface area contributed by atoms with Crippen molar-refractivity contribution in [3.8, 4) is 22.8 Å². The van der Waals surface area contributed by atoms with Gasteiger partial charge in [-0.15, -0.1) is 0 Å². The Morgan fingerprint density at radius 2 is 1.63 bits per heavy atom. The molecule has 2 fully saturated rings. The highest BCUT2D eigenvalue weighted by molar-refractivity contribution is 5.98. The van der Waals surface area contributed by atoms with E-state index < -0.39 is 17.4 Å². The van der Waals surface area contributed by atoms with Crippen molar-refractivity contribution in [2.45, 2.75) is 51.6 Å². The van der Waals surface area contributed by atoms with Gasteiger partial charge in [-0.3, -0.25) is 14.5 Å². The van der Waals surface area contributed by atoms with Gasteiger partial charge >= 0.3 is 11.9 Å². The molecule has 1 unspecified atom stereocenters. The van der Waals surface area contributed by atoms with Crippen molar-refractivity contribution >= 4 is 11.9 Å². The van der Waals surface area contributed by atoms with Crippen LogP contribution in [-0.2, 0) is 22.6 Å². The van der Waals surface area contributed by atoms with Crippen molar-refractivity contribution < 1.29 is 24.3 Å². The minimum absolute atomic E-state index is 0.0863. The maximum Gasteiger partial charge on any atom is 0.321 e. The Hall–Kier alpha value is -3.52. The quantitative estimate of drug-likeness (QED) is 0.458. The van der Waals surface area contributed by atoms with E-state index in [0.717, 1.165) is 29.0 Å². The number of piperidine rings is 1. The lowest BCUT2D eigenvalue weighted by Gasteiger charge is -2.41. The Morgan fingerprint density at radius 1 is 1.00 bits per heavy atom. The normalized spacial score (nSPS) is 20.0. The van der Waals surface area contributed by atoms with Crippen LogP contribution in [0.15, 0.2) is 53.1 Å². The predicted octanol–water partition coefficient (Wildman–Crippen LogP) is 4.50. The highest BCUT2D eigenvalue weighted by atomic mass is 16.5. The highest BCUT2D eigenvalue weighted by Crippen LogP contribution is 2.36. The van der Waals surface area contributed by atoms with Crippen molar-refractivity contribution in [2.24, 2.45) is 11.3 Å². The third-order valence-corrected chi connectivity index (χ3v) is 7.36. The van der Waals surface area contributed by atoms with E-state index in [-0.39, 0.29) is 18.9 Å². The van der Waals surface area contributed by atoms with E-state index in [4.69, 9.17) is 4.52 Å². The molecular formula is C27H29N3O5. The fourth-order valence-electron chi connectivity index (χ4n) is 4.90. The zero-order valence-corrected chi connectivity index (χ0v) is 19.7. The number of hydrogen-bond acceptors (Lipinski definition) is 6. The van der Waals surface area contributed by atoms with Gasteiger partial charge in [-0.05, 0) is 68.2 Å². The molecule has 2 aromatic carbocycles. The first kappa shape index (κ1) is 23.2. The van der Waals surface area contributed by atoms with Gasteiger partial charge in [0.05, 0.1) is 0 Å². The number of aliphatic carboxylic acids is 2. The minimum atomic E-state index is -1.70. The van der Waals surface area contributed by atoms with Crippen molar-refractivity contribution in [2.75, 3.05) is 6.54 Å². The van der Waals surface area contributed by atoms with E-state index >= 15 is 0 Å². The lowest BCUT2D eigenvalue weighted by atomic mass is 9.75. The molecule has 2 aliphatic rings. The molecule has 5 rings (SSSR count). The summed E-state index contributed by atoms with van der Waals surface area (Å²) in [5, 5.41) is 23.1. The van der Waals surface area contributed by atoms with E-state index in [1.54, 1.807) is 0 Å². The lowest BCUT2D eigenvalue weighted by molar-refractivity contribution is -0.170. The lowest BCUT2D eigenvalue weighted by Crippen LogP contribution is -2.52. The molecule has 8 heteroatoms. The van der Waals surface area contributed by atoms with Gasteiger partial charge in [0.15, 0.2) is 5.41 Å². The number of benzene rings is 2. The Balaban J connectivity index is 1.22. The summed E-state index contributed by atoms with van der Waals surface area (Å²) >= 11 is 0. The van der Waals surface area contributed by atoms with Crippen molar-refractivity contribution in [3.05, 3.63) is 59.7 Å². The second kappa shape index (κ2) is 9.26. The third kappa shape index (κ3) is 4.84. The first-order valence-corrected chi connectivity index (χ1v) is 12.1. The van der Waals surface area contributed by atoms with Gasteiger partial charge in [0.25, 0.3) is 5.89 Å². The molecule has 2 N–H and O–H groups in total. The smallest absolute Gasteiger partial charge is 0.321 e. The zero-order valence-electron chi connectivity index (χ0n) is 19.7. The van der Waals surface area contributed by atoms with Gasteiger partial charge in [-0.2, -0.15) is 4.98 Å². The number of likely N-dealkylation sites (tertiary alicyclic amines) is 1. The van der Waals surface area contributed by atoms with Crippen molar-refractivity contribution in [1.29, 1.82) is 0 Å². The van der Waals surface area contributed by atoms with Crippen LogP contribution in [0.4, 0.5) is 0 Å². The average molecular weight is 476 g/mol. The summed E-state index contributed by atoms with van der Waals surface area (Å²) in [5.74, 6) is -0.652. The molecule has 1 aliphatic carbocycles. The van der Waals surface area contributed by atoms with Crippen LogP contribution in [-0.4, -0.2) is 49.8 Å². The molecule has 8 nitrogen and oxygen atoms in total. The van der Waals surface area contributed by atoms with Crippen LogP contribution in [0.2, 0.25) is 0 Å². The first-order valence-electron chi connectivity index (χ1n) is 12.1. The van der Waals surface area contributed by atoms with Gasteiger partial charge in [0, 0.05) is 30.3 Å². The van der Waals surface area contributed by atoms with Gasteiger partial charge in [-0.25, -0.2) is 0 Å². The van der Waals surface area contributed by atoms with Crippen LogP contribution in [0.3, 0.4) is 0 Å². The van der Waals surface area contributed by atoms with Crippen molar-refractivity contribution in [3.63, 3.8) is 0 Å². The van der Waals surface area contributed by atoms with Crippen LogP contribution >= 0.6 is 0 Å². The van der Waals surface area contributed by atoms with Crippen LogP contribution in [0.25, 0.3) is 22.8 Å². The van der Waals surface area contributed by atoms with Crippen LogP contribution in [0.5, 0.6) is 0 Å². The SMILES string of the molecule is CC1CC(C(=O)O)(C(=O)O)CCN1Cc1ccc(-c2noc(-c3ccc(CC4CC4)cc3)n2)cc1. The summed E-state index contributed by atoms with van der Waals surface area (Å²) in [6, 6.07) is 16.0. The van der Waals surface area contributed by atoms with Gasteiger partial charge in [-0.1, -0.05) is 41.6 Å². The highest BCUT2D eigenvalue weighted by Gasteiger charge is 2.50. The van der Waals surface area contributed by atoms with Gasteiger partial charge in [0.2, 0.25) is 5.82 Å². The monoisotopic (exact) mass is 475 g/mol. The molecule has 1 saturated heterocycles. The molecule has 1 atom stereocenters. The summed E-state index contributed by atoms with van der Waals surface area (Å²) in [5.41, 5.74) is 2.43. The molecule has 182 valence electrons. The number of nitrogens with zero attached hydrogens (tertiary/aromatic N) is 3. The molecular weight excluding hydrogens is 446 g/mol. The fourth-order valence-corrected chi connectivity index (χ4v) is 4.90. The number of aromatic nitrogens is 2. The molecule has 2 heterocycles. The molecule has 1 saturated carbocycles. The van der Waals surface area contributed by atoms with E-state index in [9.17, 15) is 19.8 Å².